The maximum Gasteiger partial charge on any atom is 0.127 e. The Morgan fingerprint density at radius 2 is 1.58 bits per heavy atom. The first-order chi connectivity index (χ1) is 17.6. The van der Waals surface area contributed by atoms with Crippen LogP contribution in [0.15, 0.2) is 78.9 Å². The van der Waals surface area contributed by atoms with E-state index in [2.05, 4.69) is 59.5 Å². The monoisotopic (exact) mass is 484 g/mol. The second-order valence-electron chi connectivity index (χ2n) is 11.1. The average Bonchev–Trinajstić information content (AvgIpc) is 2.91. The highest BCUT2D eigenvalue weighted by Gasteiger charge is 2.39. The van der Waals surface area contributed by atoms with Crippen LogP contribution in [-0.4, -0.2) is 29.6 Å². The molecule has 2 unspecified atom stereocenters. The quantitative estimate of drug-likeness (QED) is 0.365. The number of nitrogens with zero attached hydrogens (tertiary/aromatic N) is 1. The maximum absolute atomic E-state index is 15.1. The van der Waals surface area contributed by atoms with E-state index in [0.29, 0.717) is 6.04 Å². The van der Waals surface area contributed by atoms with Gasteiger partial charge in [-0.3, -0.25) is 4.90 Å². The first-order valence-electron chi connectivity index (χ1n) is 14.0. The fourth-order valence-corrected chi connectivity index (χ4v) is 6.70. The predicted molar refractivity (Wildman–Crippen MR) is 148 cm³/mol. The van der Waals surface area contributed by atoms with Gasteiger partial charge in [-0.15, -0.1) is 0 Å². The average molecular weight is 485 g/mol. The summed E-state index contributed by atoms with van der Waals surface area (Å²) < 4.78 is 15.1. The first kappa shape index (κ1) is 25.2. The van der Waals surface area contributed by atoms with Gasteiger partial charge < -0.3 is 5.73 Å². The van der Waals surface area contributed by atoms with E-state index in [1.165, 1.54) is 48.9 Å². The summed E-state index contributed by atoms with van der Waals surface area (Å²) in [6, 6.07) is 27.6. The summed E-state index contributed by atoms with van der Waals surface area (Å²) in [6.45, 7) is 2.29. The zero-order valence-corrected chi connectivity index (χ0v) is 21.5. The molecule has 3 aromatic carbocycles. The van der Waals surface area contributed by atoms with Crippen LogP contribution in [0.5, 0.6) is 0 Å². The molecule has 1 aliphatic carbocycles. The summed E-state index contributed by atoms with van der Waals surface area (Å²) in [5.41, 5.74) is 11.4. The van der Waals surface area contributed by atoms with Gasteiger partial charge in [0.2, 0.25) is 0 Å². The number of piperidine rings is 1. The Morgan fingerprint density at radius 3 is 2.39 bits per heavy atom. The third-order valence-electron chi connectivity index (χ3n) is 8.61. The molecule has 2 N–H and O–H groups in total. The highest BCUT2D eigenvalue weighted by atomic mass is 19.1. The van der Waals surface area contributed by atoms with Crippen LogP contribution in [0, 0.1) is 5.82 Å². The SMILES string of the molecule is NC1(C(c2cccc(CC3CCCCN3CCc3ccccc3)c2)c2ccccc2F)CCCCC1. The van der Waals surface area contributed by atoms with Crippen molar-refractivity contribution in [1.82, 2.24) is 4.90 Å². The van der Waals surface area contributed by atoms with Crippen LogP contribution in [0.25, 0.3) is 0 Å². The Morgan fingerprint density at radius 1 is 0.833 bits per heavy atom. The summed E-state index contributed by atoms with van der Waals surface area (Å²) in [6.07, 6.45) is 11.4. The molecular weight excluding hydrogens is 443 g/mol. The summed E-state index contributed by atoms with van der Waals surface area (Å²) in [5.74, 6) is -0.248. The lowest BCUT2D eigenvalue weighted by Crippen LogP contribution is -2.48. The molecule has 0 bridgehead atoms. The van der Waals surface area contributed by atoms with Crippen molar-refractivity contribution in [1.29, 1.82) is 0 Å². The van der Waals surface area contributed by atoms with Crippen molar-refractivity contribution >= 4 is 0 Å². The van der Waals surface area contributed by atoms with E-state index in [0.717, 1.165) is 50.6 Å². The van der Waals surface area contributed by atoms with Crippen LogP contribution in [0.2, 0.25) is 0 Å². The molecule has 2 aliphatic rings. The molecule has 0 spiro atoms. The molecule has 190 valence electrons. The predicted octanol–water partition coefficient (Wildman–Crippen LogP) is 7.26. The summed E-state index contributed by atoms with van der Waals surface area (Å²) >= 11 is 0. The zero-order chi connectivity index (χ0) is 24.8. The normalized spacial score (nSPS) is 21.2. The molecule has 0 amide bonds. The zero-order valence-electron chi connectivity index (χ0n) is 21.5. The van der Waals surface area contributed by atoms with Crippen molar-refractivity contribution in [2.45, 2.75) is 81.7 Å². The lowest BCUT2D eigenvalue weighted by Gasteiger charge is -2.41. The Bertz CT molecular complexity index is 1110. The first-order valence-corrected chi connectivity index (χ1v) is 14.0. The summed E-state index contributed by atoms with van der Waals surface area (Å²) in [7, 11) is 0. The minimum atomic E-state index is -0.397. The fraction of sp³-hybridized carbons (Fsp3) is 0.455. The van der Waals surface area contributed by atoms with Crippen molar-refractivity contribution in [3.05, 3.63) is 107 Å². The molecule has 1 aliphatic heterocycles. The number of halogens is 1. The van der Waals surface area contributed by atoms with E-state index in [9.17, 15) is 0 Å². The second kappa shape index (κ2) is 11.7. The molecule has 1 saturated heterocycles. The van der Waals surface area contributed by atoms with E-state index in [4.69, 9.17) is 5.73 Å². The van der Waals surface area contributed by atoms with Crippen LogP contribution in [0.3, 0.4) is 0 Å². The summed E-state index contributed by atoms with van der Waals surface area (Å²) in [5, 5.41) is 0. The highest BCUT2D eigenvalue weighted by Crippen LogP contribution is 2.43. The molecule has 1 heterocycles. The van der Waals surface area contributed by atoms with Gasteiger partial charge in [0.25, 0.3) is 0 Å². The van der Waals surface area contributed by atoms with Gasteiger partial charge in [-0.2, -0.15) is 0 Å². The van der Waals surface area contributed by atoms with Gasteiger partial charge in [-0.1, -0.05) is 98.5 Å². The topological polar surface area (TPSA) is 29.3 Å². The van der Waals surface area contributed by atoms with Gasteiger partial charge in [0, 0.05) is 24.0 Å². The molecule has 2 atom stereocenters. The van der Waals surface area contributed by atoms with Gasteiger partial charge in [0.15, 0.2) is 0 Å². The molecule has 3 aromatic rings. The Kier molecular flexibility index (Phi) is 8.19. The van der Waals surface area contributed by atoms with E-state index in [1.54, 1.807) is 12.1 Å². The van der Waals surface area contributed by atoms with Gasteiger partial charge in [0.1, 0.15) is 5.82 Å². The van der Waals surface area contributed by atoms with Crippen molar-refractivity contribution < 1.29 is 4.39 Å². The molecule has 1 saturated carbocycles. The number of likely N-dealkylation sites (tertiary alicyclic amines) is 1. The number of hydrogen-bond acceptors (Lipinski definition) is 2. The summed E-state index contributed by atoms with van der Waals surface area (Å²) in [4.78, 5) is 2.70. The third-order valence-corrected chi connectivity index (χ3v) is 8.61. The maximum atomic E-state index is 15.1. The van der Waals surface area contributed by atoms with Gasteiger partial charge in [-0.25, -0.2) is 4.39 Å². The van der Waals surface area contributed by atoms with E-state index < -0.39 is 5.54 Å². The lowest BCUT2D eigenvalue weighted by atomic mass is 9.68. The molecule has 36 heavy (non-hydrogen) atoms. The Labute approximate surface area is 216 Å². The number of hydrogen-bond donors (Lipinski definition) is 1. The number of rotatable bonds is 8. The Balaban J connectivity index is 1.38. The van der Waals surface area contributed by atoms with Crippen molar-refractivity contribution in [2.24, 2.45) is 5.73 Å². The fourth-order valence-electron chi connectivity index (χ4n) is 6.70. The molecule has 0 radical (unpaired) electrons. The minimum absolute atomic E-state index is 0.112. The second-order valence-corrected chi connectivity index (χ2v) is 11.1. The largest absolute Gasteiger partial charge is 0.324 e. The van der Waals surface area contributed by atoms with E-state index in [-0.39, 0.29) is 11.7 Å². The van der Waals surface area contributed by atoms with Crippen molar-refractivity contribution in [3.8, 4) is 0 Å². The highest BCUT2D eigenvalue weighted by molar-refractivity contribution is 5.40. The smallest absolute Gasteiger partial charge is 0.127 e. The van der Waals surface area contributed by atoms with Crippen molar-refractivity contribution in [2.75, 3.05) is 13.1 Å². The van der Waals surface area contributed by atoms with Gasteiger partial charge in [0.05, 0.1) is 0 Å². The number of nitrogens with two attached hydrogens (primary N) is 1. The molecule has 3 heteroatoms. The Hall–Kier alpha value is -2.49. The van der Waals surface area contributed by atoms with Crippen LogP contribution in [-0.2, 0) is 12.8 Å². The molecule has 2 fully saturated rings. The molecule has 0 aromatic heterocycles. The van der Waals surface area contributed by atoms with E-state index >= 15 is 4.39 Å². The van der Waals surface area contributed by atoms with Crippen LogP contribution in [0.4, 0.5) is 4.39 Å². The lowest BCUT2D eigenvalue weighted by molar-refractivity contribution is 0.149. The van der Waals surface area contributed by atoms with E-state index in [1.807, 2.05) is 12.1 Å². The molecule has 5 rings (SSSR count). The standard InChI is InChI=1S/C33H41FN2/c34-31-18-6-5-17-30(31)32(33(35)20-8-2-9-21-33)28-15-11-14-27(24-28)25-29-16-7-10-22-36(29)23-19-26-12-3-1-4-13-26/h1,3-6,11-15,17-18,24,29,32H,2,7-10,16,19-23,25,35H2. The molecule has 2 nitrogen and oxygen atoms in total. The van der Waals surface area contributed by atoms with Crippen LogP contribution >= 0.6 is 0 Å². The van der Waals surface area contributed by atoms with Crippen molar-refractivity contribution in [3.63, 3.8) is 0 Å². The van der Waals surface area contributed by atoms with Crippen LogP contribution < -0.4 is 5.73 Å². The minimum Gasteiger partial charge on any atom is -0.324 e. The van der Waals surface area contributed by atoms with Gasteiger partial charge >= 0.3 is 0 Å². The number of benzene rings is 3. The van der Waals surface area contributed by atoms with Crippen LogP contribution in [0.1, 0.15) is 79.5 Å². The molecular formula is C33H41FN2. The third kappa shape index (κ3) is 5.90. The van der Waals surface area contributed by atoms with Gasteiger partial charge in [-0.05, 0) is 73.4 Å².